The first-order valence-corrected chi connectivity index (χ1v) is 14.0. The Morgan fingerprint density at radius 2 is 1.36 bits per heavy atom. The van der Waals surface area contributed by atoms with Crippen LogP contribution in [0.15, 0.2) is 104 Å². The van der Waals surface area contributed by atoms with E-state index in [9.17, 15) is 14.6 Å². The van der Waals surface area contributed by atoms with Gasteiger partial charge in [0.05, 0.1) is 11.1 Å². The lowest BCUT2D eigenvalue weighted by atomic mass is 10.1. The molecule has 0 saturated carbocycles. The van der Waals surface area contributed by atoms with Crippen LogP contribution in [0, 0.1) is 0 Å². The number of nitrogens with zero attached hydrogens (tertiary/aromatic N) is 2. The number of nitrogens with one attached hydrogen (secondary N) is 2. The van der Waals surface area contributed by atoms with Crippen molar-refractivity contribution in [3.63, 3.8) is 0 Å². The van der Waals surface area contributed by atoms with Crippen LogP contribution in [-0.4, -0.2) is 50.3 Å². The van der Waals surface area contributed by atoms with Crippen LogP contribution in [0.5, 0.6) is 11.5 Å². The predicted molar refractivity (Wildman–Crippen MR) is 165 cm³/mol. The van der Waals surface area contributed by atoms with Gasteiger partial charge in [0.25, 0.3) is 5.91 Å². The molecule has 2 aromatic heterocycles. The monoisotopic (exact) mass is 592 g/mol. The first kappa shape index (κ1) is 32.0. The second-order valence-electron chi connectivity index (χ2n) is 10.1. The van der Waals surface area contributed by atoms with Crippen molar-refractivity contribution in [3.05, 3.63) is 120 Å². The molecule has 0 aliphatic rings. The Bertz CT molecular complexity index is 1600. The summed E-state index contributed by atoms with van der Waals surface area (Å²) in [6.07, 6.45) is 8.15. The molecule has 10 nitrogen and oxygen atoms in total. The summed E-state index contributed by atoms with van der Waals surface area (Å²) < 4.78 is 14.4. The number of rotatable bonds is 15. The van der Waals surface area contributed by atoms with Crippen molar-refractivity contribution in [2.75, 3.05) is 13.1 Å². The van der Waals surface area contributed by atoms with Gasteiger partial charge in [-0.3, -0.25) is 9.59 Å². The number of aromatic nitrogens is 2. The van der Waals surface area contributed by atoms with Gasteiger partial charge in [0.15, 0.2) is 37.9 Å². The van der Waals surface area contributed by atoms with Crippen molar-refractivity contribution in [2.45, 2.75) is 26.4 Å². The van der Waals surface area contributed by atoms with Crippen molar-refractivity contribution < 1.29 is 38.1 Å². The highest BCUT2D eigenvalue weighted by molar-refractivity contribution is 6.17. The molecule has 2 radical (unpaired) electrons. The van der Waals surface area contributed by atoms with Crippen LogP contribution in [0.25, 0.3) is 11.1 Å². The van der Waals surface area contributed by atoms with Gasteiger partial charge in [-0.05, 0) is 49.2 Å². The molecule has 0 aliphatic carbocycles. The summed E-state index contributed by atoms with van der Waals surface area (Å²) in [6, 6.07) is 20.5. The average Bonchev–Trinajstić information content (AvgIpc) is 3.03. The highest BCUT2D eigenvalue weighted by atomic mass is 16.5. The van der Waals surface area contributed by atoms with Gasteiger partial charge < -0.3 is 30.0 Å². The number of benzene rings is 2. The van der Waals surface area contributed by atoms with Crippen molar-refractivity contribution in [1.82, 2.24) is 10.6 Å². The van der Waals surface area contributed by atoms with Crippen LogP contribution in [0.4, 0.5) is 0 Å². The van der Waals surface area contributed by atoms with Crippen molar-refractivity contribution in [3.8, 4) is 22.6 Å². The fraction of sp³-hybridized carbons (Fsp3) is 0.188. The topological polar surface area (TPSA) is 125 Å². The van der Waals surface area contributed by atoms with E-state index < -0.39 is 0 Å². The maximum atomic E-state index is 13.2. The number of pyridine rings is 2. The van der Waals surface area contributed by atoms with E-state index in [1.807, 2.05) is 82.3 Å². The molecule has 0 unspecified atom stereocenters. The summed E-state index contributed by atoms with van der Waals surface area (Å²) in [5.74, 6) is 0.606. The molecule has 12 heteroatoms. The molecule has 2 aromatic carbocycles. The van der Waals surface area contributed by atoms with Gasteiger partial charge in [-0.2, -0.15) is 4.57 Å². The fourth-order valence-electron chi connectivity index (χ4n) is 4.52. The minimum Gasteiger partial charge on any atom is -0.537 e. The molecule has 0 bridgehead atoms. The van der Waals surface area contributed by atoms with Crippen LogP contribution < -0.4 is 29.1 Å². The number of carbonyl (C=O) groups is 2. The molecule has 4 N–H and O–H groups in total. The lowest BCUT2D eigenvalue weighted by molar-refractivity contribution is -0.688. The quantitative estimate of drug-likeness (QED) is 0.0721. The van der Waals surface area contributed by atoms with Crippen molar-refractivity contribution >= 4 is 27.2 Å². The Balaban J connectivity index is 1.56. The van der Waals surface area contributed by atoms with Gasteiger partial charge in [0, 0.05) is 36.4 Å². The molecule has 222 valence electrons. The molecule has 0 aliphatic heterocycles. The molecule has 4 aromatic rings. The van der Waals surface area contributed by atoms with Gasteiger partial charge >= 0.3 is 15.4 Å². The van der Waals surface area contributed by atoms with E-state index in [4.69, 9.17) is 14.3 Å². The molecular weight excluding hydrogens is 558 g/mol. The molecule has 4 rings (SSSR count). The van der Waals surface area contributed by atoms with Gasteiger partial charge in [0.2, 0.25) is 5.91 Å². The van der Waals surface area contributed by atoms with Crippen molar-refractivity contribution in [2.24, 2.45) is 0 Å². The van der Waals surface area contributed by atoms with Crippen LogP contribution in [-0.2, 0) is 17.9 Å². The molecule has 2 amide bonds. The van der Waals surface area contributed by atoms with E-state index in [-0.39, 0.29) is 11.8 Å². The van der Waals surface area contributed by atoms with Crippen molar-refractivity contribution in [1.29, 1.82) is 0 Å². The zero-order valence-corrected chi connectivity index (χ0v) is 24.5. The Kier molecular flexibility index (Phi) is 11.7. The second-order valence-corrected chi connectivity index (χ2v) is 10.1. The normalized spacial score (nSPS) is 10.4. The number of hydrogen-bond donors (Lipinski definition) is 4. The third-order valence-electron chi connectivity index (χ3n) is 6.73. The first-order chi connectivity index (χ1) is 21.4. The van der Waals surface area contributed by atoms with E-state index in [0.29, 0.717) is 70.6 Å². The summed E-state index contributed by atoms with van der Waals surface area (Å²) in [5, 5.41) is 24.0. The highest BCUT2D eigenvalue weighted by Crippen LogP contribution is 2.21. The maximum absolute atomic E-state index is 13.2. The van der Waals surface area contributed by atoms with E-state index >= 15 is 0 Å². The van der Waals surface area contributed by atoms with Gasteiger partial charge in [-0.1, -0.05) is 30.8 Å². The minimum absolute atomic E-state index is 0.210. The summed E-state index contributed by atoms with van der Waals surface area (Å²) in [7, 11) is 1.31. The summed E-state index contributed by atoms with van der Waals surface area (Å²) in [4.78, 5) is 24.9. The SMILES string of the molecule is C=C(C)C(=O)NCCCNC(=O)c1cc(-c2cc[n+](Cc3ccccc3O[B]O)cc2)c[n+](Cc2ccccc2O[B]O)c1. The first-order valence-electron chi connectivity index (χ1n) is 14.0. The summed E-state index contributed by atoms with van der Waals surface area (Å²) in [6.45, 7) is 6.98. The second kappa shape index (κ2) is 16.1. The zero-order chi connectivity index (χ0) is 31.3. The lowest BCUT2D eigenvalue weighted by Crippen LogP contribution is -2.37. The predicted octanol–water partition coefficient (Wildman–Crippen LogP) is 1.65. The van der Waals surface area contributed by atoms with Gasteiger partial charge in [-0.15, -0.1) is 0 Å². The molecule has 0 saturated heterocycles. The standard InChI is InChI=1S/C32H32B2N4O6/c1-23(2)31(39)35-14-7-15-36-32(40)28-18-27(21-38(22-28)20-26-9-4-6-11-30(26)44-34-42)24-12-16-37(17-13-24)19-25-8-3-5-10-29(25)43-33-41/h3-6,8-13,16-18,21-22,41-42H,1,7,14-15,19-20H2,2H3/p+2. The Hall–Kier alpha value is -4.93. The smallest absolute Gasteiger partial charge is 0.537 e. The summed E-state index contributed by atoms with van der Waals surface area (Å²) >= 11 is 0. The van der Waals surface area contributed by atoms with Crippen LogP contribution in [0.3, 0.4) is 0 Å². The van der Waals surface area contributed by atoms with E-state index in [1.165, 1.54) is 0 Å². The van der Waals surface area contributed by atoms with Crippen LogP contribution in [0.2, 0.25) is 0 Å². The Morgan fingerprint density at radius 1 is 0.795 bits per heavy atom. The molecule has 44 heavy (non-hydrogen) atoms. The molecular formula is C32H34B2N4O6+2. The average molecular weight is 592 g/mol. The van der Waals surface area contributed by atoms with Crippen LogP contribution in [0.1, 0.15) is 34.8 Å². The van der Waals surface area contributed by atoms with E-state index in [0.717, 1.165) is 22.3 Å². The third kappa shape index (κ3) is 9.03. The summed E-state index contributed by atoms with van der Waals surface area (Å²) in [5.41, 5.74) is 4.32. The Morgan fingerprint density at radius 3 is 1.95 bits per heavy atom. The maximum Gasteiger partial charge on any atom is 0.569 e. The zero-order valence-electron chi connectivity index (χ0n) is 24.5. The molecule has 0 atom stereocenters. The molecule has 0 spiro atoms. The van der Waals surface area contributed by atoms with Gasteiger partial charge in [-0.25, -0.2) is 4.57 Å². The number of amides is 2. The van der Waals surface area contributed by atoms with E-state index in [1.54, 1.807) is 25.3 Å². The fourth-order valence-corrected chi connectivity index (χ4v) is 4.52. The Labute approximate surface area is 258 Å². The molecule has 2 heterocycles. The van der Waals surface area contributed by atoms with Gasteiger partial charge in [0.1, 0.15) is 17.1 Å². The lowest BCUT2D eigenvalue weighted by Gasteiger charge is -2.10. The molecule has 0 fully saturated rings. The number of para-hydroxylation sites is 2. The van der Waals surface area contributed by atoms with E-state index in [2.05, 4.69) is 17.2 Å². The minimum atomic E-state index is -0.247. The van der Waals surface area contributed by atoms with Crippen LogP contribution >= 0.6 is 0 Å². The highest BCUT2D eigenvalue weighted by Gasteiger charge is 2.18. The largest absolute Gasteiger partial charge is 0.569 e. The number of hydrogen-bond acceptors (Lipinski definition) is 6. The third-order valence-corrected chi connectivity index (χ3v) is 6.73. The number of carbonyl (C=O) groups excluding carboxylic acids is 2.